The lowest BCUT2D eigenvalue weighted by Gasteiger charge is -2.11. The number of hydrogen-bond donors (Lipinski definition) is 1. The number of thioether (sulfide) groups is 1. The number of Topliss-reactive ketones (excluding diaryl/α,β-unsaturated/α-hetero) is 1. The van der Waals surface area contributed by atoms with E-state index in [-0.39, 0.29) is 23.1 Å². The van der Waals surface area contributed by atoms with Crippen LogP contribution in [0.15, 0.2) is 0 Å². The van der Waals surface area contributed by atoms with Gasteiger partial charge in [-0.2, -0.15) is 0 Å². The highest BCUT2D eigenvalue weighted by molar-refractivity contribution is 8.13. The first-order valence-corrected chi connectivity index (χ1v) is 6.55. The third-order valence-corrected chi connectivity index (χ3v) is 3.49. The average Bonchev–Trinajstić information content (AvgIpc) is 2.72. The van der Waals surface area contributed by atoms with Gasteiger partial charge in [0.15, 0.2) is 16.9 Å². The molecule has 7 heteroatoms. The van der Waals surface area contributed by atoms with Gasteiger partial charge in [0.25, 0.3) is 0 Å². The van der Waals surface area contributed by atoms with Crippen LogP contribution in [0.4, 0.5) is 0 Å². The van der Waals surface area contributed by atoms with Gasteiger partial charge in [0, 0.05) is 25.6 Å². The van der Waals surface area contributed by atoms with Crippen molar-refractivity contribution in [3.05, 3.63) is 0 Å². The lowest BCUT2D eigenvalue weighted by atomic mass is 10.2. The molecule has 1 unspecified atom stereocenters. The SMILES string of the molecule is CC(=O)SCC(C)C(=O)OC(=O)[C@H]1NCCC1=O. The number of carbonyl (C=O) groups excluding carboxylic acids is 4. The molecular formula is C11H15NO5S. The van der Waals surface area contributed by atoms with Crippen molar-refractivity contribution < 1.29 is 23.9 Å². The van der Waals surface area contributed by atoms with Crippen molar-refractivity contribution in [3.8, 4) is 0 Å². The summed E-state index contributed by atoms with van der Waals surface area (Å²) in [5, 5.41) is 2.56. The van der Waals surface area contributed by atoms with Crippen LogP contribution in [0.25, 0.3) is 0 Å². The Morgan fingerprint density at radius 3 is 2.67 bits per heavy atom. The van der Waals surface area contributed by atoms with E-state index in [4.69, 9.17) is 0 Å². The predicted octanol–water partition coefficient (Wildman–Crippen LogP) is -0.0970. The summed E-state index contributed by atoms with van der Waals surface area (Å²) >= 11 is 0.994. The van der Waals surface area contributed by atoms with E-state index in [1.807, 2.05) is 0 Å². The molecule has 0 aliphatic carbocycles. The molecule has 0 aromatic carbocycles. The third kappa shape index (κ3) is 4.23. The normalized spacial score (nSPS) is 20.6. The van der Waals surface area contributed by atoms with Crippen molar-refractivity contribution in [2.75, 3.05) is 12.3 Å². The van der Waals surface area contributed by atoms with Crippen molar-refractivity contribution in [2.45, 2.75) is 26.3 Å². The molecule has 1 heterocycles. The van der Waals surface area contributed by atoms with Gasteiger partial charge in [-0.3, -0.25) is 19.7 Å². The molecule has 0 aromatic heterocycles. The Morgan fingerprint density at radius 2 is 2.17 bits per heavy atom. The maximum atomic E-state index is 11.5. The quantitative estimate of drug-likeness (QED) is 0.565. The van der Waals surface area contributed by atoms with E-state index in [0.717, 1.165) is 11.8 Å². The monoisotopic (exact) mass is 273 g/mol. The van der Waals surface area contributed by atoms with Crippen LogP contribution < -0.4 is 5.32 Å². The van der Waals surface area contributed by atoms with Gasteiger partial charge in [-0.15, -0.1) is 0 Å². The molecule has 100 valence electrons. The van der Waals surface area contributed by atoms with Gasteiger partial charge >= 0.3 is 11.9 Å². The minimum Gasteiger partial charge on any atom is -0.391 e. The molecule has 1 saturated heterocycles. The van der Waals surface area contributed by atoms with Crippen LogP contribution in [0.1, 0.15) is 20.3 Å². The van der Waals surface area contributed by atoms with E-state index in [9.17, 15) is 19.2 Å². The molecule has 1 fully saturated rings. The van der Waals surface area contributed by atoms with E-state index in [0.29, 0.717) is 6.54 Å². The summed E-state index contributed by atoms with van der Waals surface area (Å²) in [6.45, 7) is 3.38. The maximum absolute atomic E-state index is 11.5. The molecule has 2 atom stereocenters. The Labute approximate surface area is 109 Å². The highest BCUT2D eigenvalue weighted by Crippen LogP contribution is 2.12. The Balaban J connectivity index is 2.41. The van der Waals surface area contributed by atoms with E-state index >= 15 is 0 Å². The van der Waals surface area contributed by atoms with Crippen molar-refractivity contribution in [3.63, 3.8) is 0 Å². The van der Waals surface area contributed by atoms with E-state index in [1.54, 1.807) is 6.92 Å². The highest BCUT2D eigenvalue weighted by Gasteiger charge is 2.34. The van der Waals surface area contributed by atoms with Crippen LogP contribution >= 0.6 is 11.8 Å². The Hall–Kier alpha value is -1.21. The predicted molar refractivity (Wildman–Crippen MR) is 64.8 cm³/mol. The second-order valence-corrected chi connectivity index (χ2v) is 5.24. The molecule has 1 aliphatic rings. The Kier molecular flexibility index (Phi) is 5.49. The van der Waals surface area contributed by atoms with Crippen LogP contribution in [-0.2, 0) is 23.9 Å². The largest absolute Gasteiger partial charge is 0.391 e. The summed E-state index contributed by atoms with van der Waals surface area (Å²) in [6.07, 6.45) is 0.268. The fourth-order valence-corrected chi connectivity index (χ4v) is 2.00. The van der Waals surface area contributed by atoms with Gasteiger partial charge in [0.05, 0.1) is 5.92 Å². The molecule has 0 radical (unpaired) electrons. The second-order valence-electron chi connectivity index (χ2n) is 4.05. The lowest BCUT2D eigenvalue weighted by Crippen LogP contribution is -2.39. The molecule has 1 N–H and O–H groups in total. The topological polar surface area (TPSA) is 89.5 Å². The van der Waals surface area contributed by atoms with Gasteiger partial charge in [-0.25, -0.2) is 4.79 Å². The summed E-state index contributed by atoms with van der Waals surface area (Å²) < 4.78 is 4.61. The molecule has 0 bridgehead atoms. The fraction of sp³-hybridized carbons (Fsp3) is 0.636. The van der Waals surface area contributed by atoms with Crippen LogP contribution in [0.5, 0.6) is 0 Å². The molecule has 0 spiro atoms. The maximum Gasteiger partial charge on any atom is 0.338 e. The zero-order valence-electron chi connectivity index (χ0n) is 10.2. The van der Waals surface area contributed by atoms with Gasteiger partial charge in [-0.05, 0) is 0 Å². The number of esters is 2. The minimum atomic E-state index is -1.03. The summed E-state index contributed by atoms with van der Waals surface area (Å²) in [4.78, 5) is 45.0. The van der Waals surface area contributed by atoms with E-state index < -0.39 is 23.9 Å². The molecule has 1 rings (SSSR count). The first kappa shape index (κ1) is 14.8. The number of nitrogens with one attached hydrogen (secondary N) is 1. The summed E-state index contributed by atoms with van der Waals surface area (Å²) in [5.41, 5.74) is 0. The zero-order chi connectivity index (χ0) is 13.7. The Bertz CT molecular complexity index is 382. The zero-order valence-corrected chi connectivity index (χ0v) is 11.0. The first-order chi connectivity index (χ1) is 8.41. The van der Waals surface area contributed by atoms with Gasteiger partial charge in [0.2, 0.25) is 0 Å². The minimum absolute atomic E-state index is 0.103. The molecule has 1 aliphatic heterocycles. The number of ketones is 1. The summed E-state index contributed by atoms with van der Waals surface area (Å²) in [6, 6.07) is -1.03. The molecular weight excluding hydrogens is 258 g/mol. The smallest absolute Gasteiger partial charge is 0.338 e. The van der Waals surface area contributed by atoms with Crippen LogP contribution in [0, 0.1) is 5.92 Å². The highest BCUT2D eigenvalue weighted by atomic mass is 32.2. The second kappa shape index (κ2) is 6.65. The Morgan fingerprint density at radius 1 is 1.50 bits per heavy atom. The van der Waals surface area contributed by atoms with Crippen molar-refractivity contribution in [1.29, 1.82) is 0 Å². The van der Waals surface area contributed by atoms with Gasteiger partial charge in [-0.1, -0.05) is 18.7 Å². The van der Waals surface area contributed by atoms with Crippen molar-refractivity contribution in [2.24, 2.45) is 5.92 Å². The van der Waals surface area contributed by atoms with Crippen LogP contribution in [0.2, 0.25) is 0 Å². The van der Waals surface area contributed by atoms with E-state index in [2.05, 4.69) is 10.1 Å². The summed E-state index contributed by atoms with van der Waals surface area (Å²) in [5.74, 6) is -2.15. The standard InChI is InChI=1S/C11H15NO5S/c1-6(5-18-7(2)13)10(15)17-11(16)9-8(14)3-4-12-9/h6,9,12H,3-5H2,1-2H3/t6?,9-/m0/s1. The number of carbonyl (C=O) groups is 4. The average molecular weight is 273 g/mol. The number of rotatable bonds is 4. The molecule has 0 amide bonds. The molecule has 0 aromatic rings. The van der Waals surface area contributed by atoms with Crippen molar-refractivity contribution in [1.82, 2.24) is 5.32 Å². The third-order valence-electron chi connectivity index (χ3n) is 2.42. The first-order valence-electron chi connectivity index (χ1n) is 5.56. The van der Waals surface area contributed by atoms with E-state index in [1.165, 1.54) is 6.92 Å². The molecule has 18 heavy (non-hydrogen) atoms. The number of hydrogen-bond acceptors (Lipinski definition) is 7. The molecule has 0 saturated carbocycles. The van der Waals surface area contributed by atoms with Crippen molar-refractivity contribution >= 4 is 34.6 Å². The lowest BCUT2D eigenvalue weighted by molar-refractivity contribution is -0.163. The number of ether oxygens (including phenoxy) is 1. The van der Waals surface area contributed by atoms with Crippen LogP contribution in [-0.4, -0.2) is 41.2 Å². The summed E-state index contributed by atoms with van der Waals surface area (Å²) in [7, 11) is 0. The van der Waals surface area contributed by atoms with Crippen LogP contribution in [0.3, 0.4) is 0 Å². The molecule has 6 nitrogen and oxygen atoms in total. The fourth-order valence-electron chi connectivity index (χ4n) is 1.38. The van der Waals surface area contributed by atoms with Gasteiger partial charge in [0.1, 0.15) is 0 Å². The van der Waals surface area contributed by atoms with Gasteiger partial charge < -0.3 is 4.74 Å².